The van der Waals surface area contributed by atoms with Crippen LogP contribution in [0.5, 0.6) is 0 Å². The molecule has 2 N–H and O–H groups in total. The van der Waals surface area contributed by atoms with Gasteiger partial charge in [-0.2, -0.15) is 0 Å². The molecule has 1 heterocycles. The molecule has 1 aromatic carbocycles. The summed E-state index contributed by atoms with van der Waals surface area (Å²) in [5, 5.41) is 12.8. The predicted molar refractivity (Wildman–Crippen MR) is 94.8 cm³/mol. The molecule has 0 saturated carbocycles. The van der Waals surface area contributed by atoms with Crippen LogP contribution in [0.2, 0.25) is 0 Å². The molecule has 0 spiro atoms. The molecule has 2 amide bonds. The zero-order valence-corrected chi connectivity index (χ0v) is 14.6. The van der Waals surface area contributed by atoms with Crippen LogP contribution in [0.15, 0.2) is 47.2 Å². The highest BCUT2D eigenvalue weighted by Crippen LogP contribution is 2.25. The average Bonchev–Trinajstić information content (AvgIpc) is 2.79. The standard InChI is InChI=1S/C19H24N2O3/c1-12(2)9-10-21-11-16(22)17(19(21)24)18(23)20-15-8-6-5-7-14(15)13(3)4/h5-9,13,22H,10-11H2,1-4H3,(H,20,23). The molecular formula is C19H24N2O3. The van der Waals surface area contributed by atoms with Gasteiger partial charge in [0.05, 0.1) is 6.54 Å². The number of nitrogens with one attached hydrogen (secondary N) is 1. The van der Waals surface area contributed by atoms with E-state index in [4.69, 9.17) is 0 Å². The zero-order chi connectivity index (χ0) is 17.9. The summed E-state index contributed by atoms with van der Waals surface area (Å²) in [6.07, 6.45) is 1.89. The van der Waals surface area contributed by atoms with E-state index in [1.807, 2.05) is 52.0 Å². The first kappa shape index (κ1) is 17.8. The minimum absolute atomic E-state index is 0.0667. The maximum Gasteiger partial charge on any atom is 0.264 e. The van der Waals surface area contributed by atoms with Crippen LogP contribution in [-0.4, -0.2) is 34.9 Å². The molecule has 0 unspecified atom stereocenters. The highest BCUT2D eigenvalue weighted by molar-refractivity contribution is 6.24. The van der Waals surface area contributed by atoms with E-state index in [1.54, 1.807) is 6.07 Å². The van der Waals surface area contributed by atoms with Crippen LogP contribution < -0.4 is 5.32 Å². The van der Waals surface area contributed by atoms with Crippen LogP contribution in [0.1, 0.15) is 39.2 Å². The minimum atomic E-state index is -0.565. The van der Waals surface area contributed by atoms with E-state index in [0.29, 0.717) is 12.2 Å². The molecule has 0 aliphatic carbocycles. The first-order valence-corrected chi connectivity index (χ1v) is 8.06. The van der Waals surface area contributed by atoms with Crippen LogP contribution in [0.4, 0.5) is 5.69 Å². The van der Waals surface area contributed by atoms with Crippen molar-refractivity contribution in [2.75, 3.05) is 18.4 Å². The topological polar surface area (TPSA) is 69.6 Å². The molecule has 1 aromatic rings. The molecule has 0 saturated heterocycles. The summed E-state index contributed by atoms with van der Waals surface area (Å²) in [7, 11) is 0. The van der Waals surface area contributed by atoms with Crippen molar-refractivity contribution in [3.8, 4) is 0 Å². The normalized spacial score (nSPS) is 14.4. The lowest BCUT2D eigenvalue weighted by molar-refractivity contribution is -0.127. The van der Waals surface area contributed by atoms with Gasteiger partial charge >= 0.3 is 0 Å². The van der Waals surface area contributed by atoms with Crippen LogP contribution in [0.3, 0.4) is 0 Å². The molecule has 1 aliphatic heterocycles. The lowest BCUT2D eigenvalue weighted by Crippen LogP contribution is -2.30. The summed E-state index contributed by atoms with van der Waals surface area (Å²) in [5.41, 5.74) is 2.55. The van der Waals surface area contributed by atoms with Gasteiger partial charge in [-0.05, 0) is 31.4 Å². The van der Waals surface area contributed by atoms with Crippen molar-refractivity contribution >= 4 is 17.5 Å². The number of aliphatic hydroxyl groups excluding tert-OH is 1. The fourth-order valence-corrected chi connectivity index (χ4v) is 2.58. The van der Waals surface area contributed by atoms with Gasteiger partial charge < -0.3 is 15.3 Å². The van der Waals surface area contributed by atoms with Crippen molar-refractivity contribution in [1.82, 2.24) is 4.90 Å². The third-order valence-corrected chi connectivity index (χ3v) is 3.91. The van der Waals surface area contributed by atoms with E-state index >= 15 is 0 Å². The molecule has 1 aliphatic rings. The maximum atomic E-state index is 12.5. The van der Waals surface area contributed by atoms with E-state index in [-0.39, 0.29) is 23.8 Å². The summed E-state index contributed by atoms with van der Waals surface area (Å²) in [4.78, 5) is 26.3. The fraction of sp³-hybridized carbons (Fsp3) is 0.368. The number of aliphatic hydroxyl groups is 1. The summed E-state index contributed by atoms with van der Waals surface area (Å²) in [6.45, 7) is 8.38. The SMILES string of the molecule is CC(C)=CCN1CC(O)=C(C(=O)Nc2ccccc2C(C)C)C1=O. The number of rotatable bonds is 5. The summed E-state index contributed by atoms with van der Waals surface area (Å²) in [5.74, 6) is -0.950. The molecule has 0 radical (unpaired) electrons. The van der Waals surface area contributed by atoms with Gasteiger partial charge in [-0.15, -0.1) is 0 Å². The fourth-order valence-electron chi connectivity index (χ4n) is 2.58. The lowest BCUT2D eigenvalue weighted by Gasteiger charge is -2.15. The number of allylic oxidation sites excluding steroid dienone is 1. The van der Waals surface area contributed by atoms with Crippen LogP contribution >= 0.6 is 0 Å². The Bertz CT molecular complexity index is 713. The van der Waals surface area contributed by atoms with Crippen molar-refractivity contribution in [3.05, 3.63) is 52.8 Å². The average molecular weight is 328 g/mol. The second-order valence-electron chi connectivity index (χ2n) is 6.48. The number of carbonyl (C=O) groups is 2. The van der Waals surface area contributed by atoms with E-state index in [2.05, 4.69) is 5.32 Å². The van der Waals surface area contributed by atoms with Gasteiger partial charge in [-0.25, -0.2) is 0 Å². The molecular weight excluding hydrogens is 304 g/mol. The van der Waals surface area contributed by atoms with Crippen molar-refractivity contribution in [1.29, 1.82) is 0 Å². The third kappa shape index (κ3) is 3.85. The van der Waals surface area contributed by atoms with E-state index in [0.717, 1.165) is 11.1 Å². The Labute approximate surface area is 142 Å². The second kappa shape index (κ2) is 7.34. The Morgan fingerprint density at radius 2 is 2.00 bits per heavy atom. The number of hydrogen-bond donors (Lipinski definition) is 2. The monoisotopic (exact) mass is 328 g/mol. The van der Waals surface area contributed by atoms with Gasteiger partial charge in [0, 0.05) is 12.2 Å². The molecule has 2 rings (SSSR count). The number of hydrogen-bond acceptors (Lipinski definition) is 3. The number of nitrogens with zero attached hydrogens (tertiary/aromatic N) is 1. The largest absolute Gasteiger partial charge is 0.509 e. The van der Waals surface area contributed by atoms with E-state index in [9.17, 15) is 14.7 Å². The Morgan fingerprint density at radius 1 is 1.33 bits per heavy atom. The van der Waals surface area contributed by atoms with Crippen molar-refractivity contribution < 1.29 is 14.7 Å². The van der Waals surface area contributed by atoms with Crippen molar-refractivity contribution in [2.45, 2.75) is 33.6 Å². The van der Waals surface area contributed by atoms with E-state index < -0.39 is 11.8 Å². The van der Waals surface area contributed by atoms with Crippen LogP contribution in [0, 0.1) is 0 Å². The molecule has 128 valence electrons. The maximum absolute atomic E-state index is 12.5. The molecule has 0 aromatic heterocycles. The molecule has 0 atom stereocenters. The Morgan fingerprint density at radius 3 is 2.62 bits per heavy atom. The highest BCUT2D eigenvalue weighted by Gasteiger charge is 2.34. The number of amides is 2. The van der Waals surface area contributed by atoms with Crippen LogP contribution in [-0.2, 0) is 9.59 Å². The van der Waals surface area contributed by atoms with E-state index in [1.165, 1.54) is 4.90 Å². The van der Waals surface area contributed by atoms with Crippen molar-refractivity contribution in [3.63, 3.8) is 0 Å². The second-order valence-corrected chi connectivity index (χ2v) is 6.48. The zero-order valence-electron chi connectivity index (χ0n) is 14.6. The Kier molecular flexibility index (Phi) is 5.44. The van der Waals surface area contributed by atoms with Gasteiger partial charge in [0.1, 0.15) is 11.3 Å². The minimum Gasteiger partial charge on any atom is -0.509 e. The van der Waals surface area contributed by atoms with Gasteiger partial charge in [0.25, 0.3) is 11.8 Å². The predicted octanol–water partition coefficient (Wildman–Crippen LogP) is 3.37. The number of benzene rings is 1. The Hall–Kier alpha value is -2.56. The number of para-hydroxylation sites is 1. The molecule has 5 nitrogen and oxygen atoms in total. The Balaban J connectivity index is 2.17. The molecule has 0 bridgehead atoms. The number of carbonyl (C=O) groups excluding carboxylic acids is 2. The first-order valence-electron chi connectivity index (χ1n) is 8.06. The van der Waals surface area contributed by atoms with Gasteiger partial charge in [-0.1, -0.05) is 43.7 Å². The molecule has 5 heteroatoms. The molecule has 0 fully saturated rings. The van der Waals surface area contributed by atoms with Gasteiger partial charge in [-0.3, -0.25) is 9.59 Å². The summed E-state index contributed by atoms with van der Waals surface area (Å²) in [6, 6.07) is 7.47. The highest BCUT2D eigenvalue weighted by atomic mass is 16.3. The van der Waals surface area contributed by atoms with Crippen LogP contribution in [0.25, 0.3) is 0 Å². The van der Waals surface area contributed by atoms with Gasteiger partial charge in [0.15, 0.2) is 0 Å². The summed E-state index contributed by atoms with van der Waals surface area (Å²) < 4.78 is 0. The number of anilines is 1. The quantitative estimate of drug-likeness (QED) is 0.643. The molecule has 24 heavy (non-hydrogen) atoms. The smallest absolute Gasteiger partial charge is 0.264 e. The first-order chi connectivity index (χ1) is 11.3. The van der Waals surface area contributed by atoms with Crippen molar-refractivity contribution in [2.24, 2.45) is 0 Å². The summed E-state index contributed by atoms with van der Waals surface area (Å²) >= 11 is 0. The third-order valence-electron chi connectivity index (χ3n) is 3.91. The lowest BCUT2D eigenvalue weighted by atomic mass is 10.0. The van der Waals surface area contributed by atoms with Gasteiger partial charge in [0.2, 0.25) is 0 Å².